The SMILES string of the molecule is Cc1noc(C)c1-c1cc(NC=C2C(=O)OC(C)(C)OC2=O)ccc1F. The molecule has 0 aliphatic carbocycles. The van der Waals surface area contributed by atoms with E-state index in [0.29, 0.717) is 28.3 Å². The van der Waals surface area contributed by atoms with E-state index in [-0.39, 0.29) is 5.57 Å². The van der Waals surface area contributed by atoms with Crippen LogP contribution in [-0.4, -0.2) is 22.9 Å². The van der Waals surface area contributed by atoms with E-state index in [2.05, 4.69) is 10.5 Å². The first-order valence-electron chi connectivity index (χ1n) is 7.84. The molecule has 3 rings (SSSR count). The van der Waals surface area contributed by atoms with Crippen LogP contribution in [0.15, 0.2) is 34.5 Å². The van der Waals surface area contributed by atoms with Gasteiger partial charge in [-0.2, -0.15) is 0 Å². The number of rotatable bonds is 3. The molecule has 1 aromatic carbocycles. The van der Waals surface area contributed by atoms with Crippen LogP contribution in [0, 0.1) is 19.7 Å². The summed E-state index contributed by atoms with van der Waals surface area (Å²) < 4.78 is 29.3. The Morgan fingerprint density at radius 3 is 2.38 bits per heavy atom. The summed E-state index contributed by atoms with van der Waals surface area (Å²) >= 11 is 0. The molecule has 0 saturated carbocycles. The van der Waals surface area contributed by atoms with Crippen molar-refractivity contribution in [2.45, 2.75) is 33.5 Å². The Hall–Kier alpha value is -3.16. The lowest BCUT2D eigenvalue weighted by atomic mass is 10.0. The molecule has 2 aromatic rings. The Morgan fingerprint density at radius 2 is 1.81 bits per heavy atom. The number of aromatic nitrogens is 1. The fourth-order valence-corrected chi connectivity index (χ4v) is 2.61. The summed E-state index contributed by atoms with van der Waals surface area (Å²) in [5.41, 5.74) is 1.57. The van der Waals surface area contributed by atoms with Crippen LogP contribution >= 0.6 is 0 Å². The van der Waals surface area contributed by atoms with Crippen molar-refractivity contribution < 1.29 is 28.0 Å². The molecular formula is C18H17FN2O5. The average molecular weight is 360 g/mol. The van der Waals surface area contributed by atoms with Crippen molar-refractivity contribution in [1.82, 2.24) is 5.16 Å². The van der Waals surface area contributed by atoms with Gasteiger partial charge in [-0.15, -0.1) is 0 Å². The number of benzene rings is 1. The smallest absolute Gasteiger partial charge is 0.350 e. The number of carbonyl (C=O) groups is 2. The topological polar surface area (TPSA) is 90.7 Å². The van der Waals surface area contributed by atoms with Gasteiger partial charge in [0.15, 0.2) is 5.57 Å². The second-order valence-corrected chi connectivity index (χ2v) is 6.28. The van der Waals surface area contributed by atoms with Crippen molar-refractivity contribution in [3.63, 3.8) is 0 Å². The number of ether oxygens (including phenoxy) is 2. The van der Waals surface area contributed by atoms with Gasteiger partial charge in [0.05, 0.1) is 11.3 Å². The number of cyclic esters (lactones) is 2. The second-order valence-electron chi connectivity index (χ2n) is 6.28. The number of hydrogen-bond acceptors (Lipinski definition) is 7. The van der Waals surface area contributed by atoms with Gasteiger partial charge in [0.25, 0.3) is 5.79 Å². The molecule has 1 aromatic heterocycles. The Balaban J connectivity index is 1.89. The molecule has 1 saturated heterocycles. The van der Waals surface area contributed by atoms with E-state index >= 15 is 0 Å². The lowest BCUT2D eigenvalue weighted by molar-refractivity contribution is -0.222. The Labute approximate surface area is 148 Å². The average Bonchev–Trinajstić information content (AvgIpc) is 2.86. The van der Waals surface area contributed by atoms with Crippen molar-refractivity contribution >= 4 is 17.6 Å². The highest BCUT2D eigenvalue weighted by Gasteiger charge is 2.38. The molecule has 26 heavy (non-hydrogen) atoms. The summed E-state index contributed by atoms with van der Waals surface area (Å²) in [5, 5.41) is 6.61. The number of nitrogens with one attached hydrogen (secondary N) is 1. The first-order valence-corrected chi connectivity index (χ1v) is 7.84. The Kier molecular flexibility index (Phi) is 4.27. The fourth-order valence-electron chi connectivity index (χ4n) is 2.61. The number of esters is 2. The van der Waals surface area contributed by atoms with Crippen LogP contribution in [0.1, 0.15) is 25.3 Å². The number of halogens is 1. The highest BCUT2D eigenvalue weighted by molar-refractivity contribution is 6.15. The van der Waals surface area contributed by atoms with E-state index in [4.69, 9.17) is 14.0 Å². The van der Waals surface area contributed by atoms with Crippen molar-refractivity contribution in [2.75, 3.05) is 5.32 Å². The lowest BCUT2D eigenvalue weighted by Crippen LogP contribution is -2.42. The van der Waals surface area contributed by atoms with Gasteiger partial charge >= 0.3 is 11.9 Å². The molecule has 2 heterocycles. The van der Waals surface area contributed by atoms with Gasteiger partial charge in [-0.3, -0.25) is 0 Å². The molecule has 1 N–H and O–H groups in total. The lowest BCUT2D eigenvalue weighted by Gasteiger charge is -2.29. The van der Waals surface area contributed by atoms with Gasteiger partial charge < -0.3 is 19.3 Å². The number of anilines is 1. The van der Waals surface area contributed by atoms with Gasteiger partial charge in [0.1, 0.15) is 11.6 Å². The van der Waals surface area contributed by atoms with Crippen molar-refractivity contribution in [3.8, 4) is 11.1 Å². The van der Waals surface area contributed by atoms with Crippen molar-refractivity contribution in [3.05, 3.63) is 47.2 Å². The van der Waals surface area contributed by atoms with E-state index < -0.39 is 23.5 Å². The summed E-state index contributed by atoms with van der Waals surface area (Å²) in [5.74, 6) is -2.87. The molecule has 0 radical (unpaired) electrons. The largest absolute Gasteiger partial charge is 0.419 e. The second kappa shape index (κ2) is 6.29. The molecule has 0 unspecified atom stereocenters. The van der Waals surface area contributed by atoms with Crippen LogP contribution in [0.4, 0.5) is 10.1 Å². The molecule has 1 aliphatic rings. The third kappa shape index (κ3) is 3.30. The van der Waals surface area contributed by atoms with Gasteiger partial charge in [-0.25, -0.2) is 14.0 Å². The summed E-state index contributed by atoms with van der Waals surface area (Å²) in [4.78, 5) is 23.9. The van der Waals surface area contributed by atoms with Crippen molar-refractivity contribution in [1.29, 1.82) is 0 Å². The molecule has 136 valence electrons. The van der Waals surface area contributed by atoms with Gasteiger partial charge in [-0.05, 0) is 32.0 Å². The van der Waals surface area contributed by atoms with E-state index in [1.54, 1.807) is 13.8 Å². The Morgan fingerprint density at radius 1 is 1.15 bits per heavy atom. The van der Waals surface area contributed by atoms with E-state index in [9.17, 15) is 14.0 Å². The van der Waals surface area contributed by atoms with Crippen molar-refractivity contribution in [2.24, 2.45) is 0 Å². The Bertz CT molecular complexity index is 888. The summed E-state index contributed by atoms with van der Waals surface area (Å²) in [6.07, 6.45) is 1.17. The fraction of sp³-hybridized carbons (Fsp3) is 0.278. The zero-order chi connectivity index (χ0) is 19.1. The van der Waals surface area contributed by atoms with Crippen LogP contribution in [0.25, 0.3) is 11.1 Å². The maximum atomic E-state index is 14.2. The number of aryl methyl sites for hydroxylation is 2. The van der Waals surface area contributed by atoms with Gasteiger partial charge in [0, 0.05) is 31.3 Å². The minimum atomic E-state index is -1.31. The molecule has 0 atom stereocenters. The summed E-state index contributed by atoms with van der Waals surface area (Å²) in [7, 11) is 0. The van der Waals surface area contributed by atoms with Gasteiger partial charge in [-0.1, -0.05) is 5.16 Å². The van der Waals surface area contributed by atoms with Crippen LogP contribution in [-0.2, 0) is 19.1 Å². The first-order chi connectivity index (χ1) is 12.2. The van der Waals surface area contributed by atoms with E-state index in [1.807, 2.05) is 0 Å². The maximum absolute atomic E-state index is 14.2. The zero-order valence-electron chi connectivity index (χ0n) is 14.7. The monoisotopic (exact) mass is 360 g/mol. The quantitative estimate of drug-likeness (QED) is 0.510. The minimum Gasteiger partial charge on any atom is -0.419 e. The standard InChI is InChI=1S/C18H17FN2O5/c1-9-15(10(2)26-21-9)12-7-11(5-6-14(12)19)20-8-13-16(22)24-18(3,4)25-17(13)23/h5-8,20H,1-4H3. The van der Waals surface area contributed by atoms with Crippen LogP contribution in [0.2, 0.25) is 0 Å². The highest BCUT2D eigenvalue weighted by Crippen LogP contribution is 2.31. The third-order valence-electron chi connectivity index (χ3n) is 3.77. The molecule has 0 spiro atoms. The predicted molar refractivity (Wildman–Crippen MR) is 89.3 cm³/mol. The summed E-state index contributed by atoms with van der Waals surface area (Å²) in [6, 6.07) is 4.27. The highest BCUT2D eigenvalue weighted by atomic mass is 19.1. The van der Waals surface area contributed by atoms with Crippen LogP contribution in [0.3, 0.4) is 0 Å². The number of hydrogen-bond donors (Lipinski definition) is 1. The molecule has 1 fully saturated rings. The first kappa shape index (κ1) is 17.7. The van der Waals surface area contributed by atoms with Crippen LogP contribution < -0.4 is 5.32 Å². The van der Waals surface area contributed by atoms with E-state index in [1.165, 1.54) is 38.2 Å². The predicted octanol–water partition coefficient (Wildman–Crippen LogP) is 3.23. The minimum absolute atomic E-state index is 0.285. The molecule has 8 heteroatoms. The molecule has 1 aliphatic heterocycles. The van der Waals surface area contributed by atoms with E-state index in [0.717, 1.165) is 0 Å². The molecule has 0 bridgehead atoms. The third-order valence-corrected chi connectivity index (χ3v) is 3.77. The zero-order valence-corrected chi connectivity index (χ0v) is 14.7. The van der Waals surface area contributed by atoms with Gasteiger partial charge in [0.2, 0.25) is 0 Å². The normalized spacial score (nSPS) is 16.1. The molecule has 0 amide bonds. The van der Waals surface area contributed by atoms with Crippen LogP contribution in [0.5, 0.6) is 0 Å². The summed E-state index contributed by atoms with van der Waals surface area (Å²) in [6.45, 7) is 6.32. The maximum Gasteiger partial charge on any atom is 0.350 e. The number of carbonyl (C=O) groups excluding carboxylic acids is 2. The molecule has 7 nitrogen and oxygen atoms in total. The number of nitrogens with zero attached hydrogens (tertiary/aromatic N) is 1. The molecular weight excluding hydrogens is 343 g/mol.